The molecule has 3 aromatic rings. The molecule has 0 fully saturated rings. The van der Waals surface area contributed by atoms with E-state index >= 15 is 0 Å². The number of para-hydroxylation sites is 1. The first-order valence-electron chi connectivity index (χ1n) is 7.33. The second-order valence-electron chi connectivity index (χ2n) is 5.70. The van der Waals surface area contributed by atoms with Crippen LogP contribution in [0.1, 0.15) is 25.3 Å². The molecule has 0 bridgehead atoms. The Labute approximate surface area is 134 Å². The van der Waals surface area contributed by atoms with Crippen LogP contribution in [-0.4, -0.2) is 15.2 Å². The summed E-state index contributed by atoms with van der Waals surface area (Å²) in [6, 6.07) is 10.4. The largest absolute Gasteiger partial charge is 0.508 e. The zero-order valence-electron chi connectivity index (χ0n) is 12.9. The number of hydrogen-bond acceptors (Lipinski definition) is 5. The molecule has 23 heavy (non-hydrogen) atoms. The van der Waals surface area contributed by atoms with Gasteiger partial charge in [0.05, 0.1) is 0 Å². The van der Waals surface area contributed by atoms with E-state index in [9.17, 15) is 10.2 Å². The van der Waals surface area contributed by atoms with Crippen LogP contribution in [0.2, 0.25) is 0 Å². The molecule has 4 N–H and O–H groups in total. The second-order valence-corrected chi connectivity index (χ2v) is 5.70. The number of aromatic hydroxyl groups is 2. The monoisotopic (exact) mass is 310 g/mol. The smallest absolute Gasteiger partial charge is 0.182 e. The number of oxazole rings is 1. The standard InChI is InChI=1S/C18H18N2O3/c1-10(2)12-7-13(16(22)8-15(12)21)17-18(23-9-20-17)11-5-3-4-6-14(11)19/h3-10,21-22H,19H2,1-2H3. The highest BCUT2D eigenvalue weighted by atomic mass is 16.3. The topological polar surface area (TPSA) is 92.5 Å². The SMILES string of the molecule is CC(C)c1cc(-c2ncoc2-c2ccccc2N)c(O)cc1O. The average molecular weight is 310 g/mol. The Morgan fingerprint density at radius 1 is 1.04 bits per heavy atom. The number of hydrogen-bond donors (Lipinski definition) is 3. The highest BCUT2D eigenvalue weighted by molar-refractivity contribution is 5.85. The van der Waals surface area contributed by atoms with Gasteiger partial charge >= 0.3 is 0 Å². The molecule has 5 heteroatoms. The Morgan fingerprint density at radius 2 is 1.78 bits per heavy atom. The van der Waals surface area contributed by atoms with Crippen molar-refractivity contribution < 1.29 is 14.6 Å². The van der Waals surface area contributed by atoms with Crippen molar-refractivity contribution in [3.8, 4) is 34.1 Å². The molecule has 0 aliphatic rings. The maximum absolute atomic E-state index is 10.2. The number of aromatic nitrogens is 1. The van der Waals surface area contributed by atoms with Crippen LogP contribution in [0, 0.1) is 0 Å². The molecule has 5 nitrogen and oxygen atoms in total. The van der Waals surface area contributed by atoms with Crippen molar-refractivity contribution >= 4 is 5.69 Å². The number of nitrogens with two attached hydrogens (primary N) is 1. The second kappa shape index (κ2) is 5.68. The van der Waals surface area contributed by atoms with E-state index in [2.05, 4.69) is 4.98 Å². The van der Waals surface area contributed by atoms with Gasteiger partial charge in [0.1, 0.15) is 17.2 Å². The Bertz CT molecular complexity index is 853. The molecule has 1 aromatic heterocycles. The Balaban J connectivity index is 2.20. The molecule has 0 saturated carbocycles. The van der Waals surface area contributed by atoms with Gasteiger partial charge in [-0.05, 0) is 29.7 Å². The summed E-state index contributed by atoms with van der Waals surface area (Å²) in [7, 11) is 0. The normalized spacial score (nSPS) is 11.1. The van der Waals surface area contributed by atoms with Gasteiger partial charge in [-0.3, -0.25) is 0 Å². The quantitative estimate of drug-likeness (QED) is 0.633. The molecular formula is C18H18N2O3. The number of phenols is 2. The van der Waals surface area contributed by atoms with Crippen molar-refractivity contribution in [3.05, 3.63) is 48.4 Å². The van der Waals surface area contributed by atoms with Crippen molar-refractivity contribution in [2.45, 2.75) is 19.8 Å². The van der Waals surface area contributed by atoms with E-state index in [1.807, 2.05) is 32.0 Å². The summed E-state index contributed by atoms with van der Waals surface area (Å²) >= 11 is 0. The molecule has 0 aliphatic heterocycles. The van der Waals surface area contributed by atoms with Crippen LogP contribution >= 0.6 is 0 Å². The molecule has 0 amide bonds. The first-order chi connectivity index (χ1) is 11.0. The maximum atomic E-state index is 10.2. The molecule has 118 valence electrons. The van der Waals surface area contributed by atoms with Crippen molar-refractivity contribution in [1.82, 2.24) is 4.98 Å². The third-order valence-electron chi connectivity index (χ3n) is 3.79. The first-order valence-corrected chi connectivity index (χ1v) is 7.33. The fourth-order valence-electron chi connectivity index (χ4n) is 2.58. The molecule has 2 aromatic carbocycles. The van der Waals surface area contributed by atoms with Crippen LogP contribution in [-0.2, 0) is 0 Å². The van der Waals surface area contributed by atoms with E-state index in [1.54, 1.807) is 12.1 Å². The fourth-order valence-corrected chi connectivity index (χ4v) is 2.58. The summed E-state index contributed by atoms with van der Waals surface area (Å²) in [6.07, 6.45) is 1.32. The van der Waals surface area contributed by atoms with Gasteiger partial charge in [0.25, 0.3) is 0 Å². The molecule has 0 unspecified atom stereocenters. The van der Waals surface area contributed by atoms with Gasteiger partial charge in [-0.15, -0.1) is 0 Å². The number of nitrogens with zero attached hydrogens (tertiary/aromatic N) is 1. The summed E-state index contributed by atoms with van der Waals surface area (Å²) in [6.45, 7) is 3.93. The average Bonchev–Trinajstić information content (AvgIpc) is 2.96. The number of phenolic OH excluding ortho intramolecular Hbond substituents is 2. The van der Waals surface area contributed by atoms with Crippen molar-refractivity contribution in [2.75, 3.05) is 5.73 Å². The van der Waals surface area contributed by atoms with Crippen LogP contribution in [0.15, 0.2) is 47.2 Å². The van der Waals surface area contributed by atoms with Crippen molar-refractivity contribution in [1.29, 1.82) is 0 Å². The van der Waals surface area contributed by atoms with Crippen LogP contribution in [0.3, 0.4) is 0 Å². The van der Waals surface area contributed by atoms with Gasteiger partial charge < -0.3 is 20.4 Å². The van der Waals surface area contributed by atoms with E-state index in [1.165, 1.54) is 12.5 Å². The van der Waals surface area contributed by atoms with Gasteiger partial charge in [0, 0.05) is 22.9 Å². The lowest BCUT2D eigenvalue weighted by atomic mass is 9.96. The lowest BCUT2D eigenvalue weighted by Gasteiger charge is -2.12. The van der Waals surface area contributed by atoms with E-state index in [4.69, 9.17) is 10.2 Å². The minimum Gasteiger partial charge on any atom is -0.508 e. The molecule has 0 aliphatic carbocycles. The molecule has 0 spiro atoms. The van der Waals surface area contributed by atoms with Gasteiger partial charge in [-0.2, -0.15) is 0 Å². The molecule has 0 radical (unpaired) electrons. The lowest BCUT2D eigenvalue weighted by Crippen LogP contribution is -1.93. The van der Waals surface area contributed by atoms with Crippen LogP contribution in [0.25, 0.3) is 22.6 Å². The van der Waals surface area contributed by atoms with E-state index in [-0.39, 0.29) is 17.4 Å². The highest BCUT2D eigenvalue weighted by Crippen LogP contribution is 2.41. The first kappa shape index (κ1) is 15.0. The van der Waals surface area contributed by atoms with Crippen LogP contribution < -0.4 is 5.73 Å². The molecule has 0 atom stereocenters. The predicted octanol–water partition coefficient (Wildman–Crippen LogP) is 4.13. The molecule has 1 heterocycles. The van der Waals surface area contributed by atoms with E-state index < -0.39 is 0 Å². The Morgan fingerprint density at radius 3 is 2.48 bits per heavy atom. The molecule has 3 rings (SSSR count). The van der Waals surface area contributed by atoms with Gasteiger partial charge in [-0.25, -0.2) is 4.98 Å². The molecular weight excluding hydrogens is 292 g/mol. The predicted molar refractivity (Wildman–Crippen MR) is 89.2 cm³/mol. The maximum Gasteiger partial charge on any atom is 0.182 e. The molecule has 0 saturated heterocycles. The summed E-state index contributed by atoms with van der Waals surface area (Å²) < 4.78 is 5.51. The van der Waals surface area contributed by atoms with Crippen LogP contribution in [0.5, 0.6) is 11.5 Å². The fraction of sp³-hybridized carbons (Fsp3) is 0.167. The summed E-state index contributed by atoms with van der Waals surface area (Å²) in [4.78, 5) is 4.23. The Kier molecular flexibility index (Phi) is 3.70. The zero-order chi connectivity index (χ0) is 16.6. The highest BCUT2D eigenvalue weighted by Gasteiger charge is 2.20. The number of rotatable bonds is 3. The van der Waals surface area contributed by atoms with Crippen molar-refractivity contribution in [3.63, 3.8) is 0 Å². The van der Waals surface area contributed by atoms with Crippen LogP contribution in [0.4, 0.5) is 5.69 Å². The number of nitrogen functional groups attached to an aromatic ring is 1. The summed E-state index contributed by atoms with van der Waals surface area (Å²) in [5.41, 5.74) is 8.99. The minimum atomic E-state index is -0.0587. The van der Waals surface area contributed by atoms with E-state index in [0.29, 0.717) is 28.3 Å². The number of anilines is 1. The van der Waals surface area contributed by atoms with Gasteiger partial charge in [0.15, 0.2) is 12.2 Å². The van der Waals surface area contributed by atoms with Gasteiger partial charge in [-0.1, -0.05) is 26.0 Å². The zero-order valence-corrected chi connectivity index (χ0v) is 12.9. The number of benzene rings is 2. The lowest BCUT2D eigenvalue weighted by molar-refractivity contribution is 0.445. The third kappa shape index (κ3) is 2.61. The van der Waals surface area contributed by atoms with E-state index in [0.717, 1.165) is 5.56 Å². The van der Waals surface area contributed by atoms with Crippen molar-refractivity contribution in [2.24, 2.45) is 0 Å². The minimum absolute atomic E-state index is 0.0587. The van der Waals surface area contributed by atoms with Gasteiger partial charge in [0.2, 0.25) is 0 Å². The Hall–Kier alpha value is -2.95. The third-order valence-corrected chi connectivity index (χ3v) is 3.79. The summed E-state index contributed by atoms with van der Waals surface area (Å²) in [5, 5.41) is 20.2. The summed E-state index contributed by atoms with van der Waals surface area (Å²) in [5.74, 6) is 0.590.